The number of hydrogen-bond donors (Lipinski definition) is 2. The number of thioether (sulfide) groups is 1. The van der Waals surface area contributed by atoms with E-state index in [-0.39, 0.29) is 12.1 Å². The summed E-state index contributed by atoms with van der Waals surface area (Å²) in [6.07, 6.45) is 1.08. The SMILES string of the molecule is CC1CC(CO)(NCCN(C)C)CS1. The lowest BCUT2D eigenvalue weighted by atomic mass is 9.97. The van der Waals surface area contributed by atoms with E-state index in [2.05, 4.69) is 31.2 Å². The van der Waals surface area contributed by atoms with Crippen molar-refractivity contribution in [2.45, 2.75) is 24.1 Å². The van der Waals surface area contributed by atoms with E-state index in [1.54, 1.807) is 0 Å². The van der Waals surface area contributed by atoms with E-state index in [0.29, 0.717) is 5.25 Å². The first-order chi connectivity index (χ1) is 6.58. The molecule has 0 aliphatic carbocycles. The third kappa shape index (κ3) is 3.42. The highest BCUT2D eigenvalue weighted by molar-refractivity contribution is 8.00. The third-order valence-corrected chi connectivity index (χ3v) is 4.14. The van der Waals surface area contributed by atoms with Gasteiger partial charge in [0.05, 0.1) is 12.1 Å². The summed E-state index contributed by atoms with van der Waals surface area (Å²) in [7, 11) is 4.14. The van der Waals surface area contributed by atoms with Gasteiger partial charge >= 0.3 is 0 Å². The maximum Gasteiger partial charge on any atom is 0.0621 e. The molecule has 2 N–H and O–H groups in total. The van der Waals surface area contributed by atoms with Crippen LogP contribution < -0.4 is 5.32 Å². The minimum absolute atomic E-state index is 0.0138. The number of aliphatic hydroxyl groups is 1. The van der Waals surface area contributed by atoms with Crippen molar-refractivity contribution in [2.75, 3.05) is 39.5 Å². The number of aliphatic hydroxyl groups excluding tert-OH is 1. The number of rotatable bonds is 5. The molecule has 0 aromatic rings. The van der Waals surface area contributed by atoms with E-state index in [1.807, 2.05) is 11.8 Å². The fourth-order valence-corrected chi connectivity index (χ4v) is 3.16. The minimum atomic E-state index is -0.0138. The number of hydrogen-bond acceptors (Lipinski definition) is 4. The van der Waals surface area contributed by atoms with Crippen LogP contribution in [0.2, 0.25) is 0 Å². The molecule has 1 rings (SSSR count). The summed E-state index contributed by atoms with van der Waals surface area (Å²) in [4.78, 5) is 2.16. The van der Waals surface area contributed by atoms with Gasteiger partial charge in [-0.05, 0) is 20.5 Å². The maximum atomic E-state index is 9.41. The van der Waals surface area contributed by atoms with E-state index in [9.17, 15) is 5.11 Å². The molecule has 3 nitrogen and oxygen atoms in total. The average Bonchev–Trinajstić information content (AvgIpc) is 2.48. The molecule has 84 valence electrons. The zero-order valence-electron chi connectivity index (χ0n) is 9.42. The van der Waals surface area contributed by atoms with Crippen LogP contribution in [0.3, 0.4) is 0 Å². The van der Waals surface area contributed by atoms with Gasteiger partial charge < -0.3 is 15.3 Å². The molecular formula is C10H22N2OS. The summed E-state index contributed by atoms with van der Waals surface area (Å²) in [5.74, 6) is 1.04. The molecule has 0 aromatic heterocycles. The Hall–Kier alpha value is 0.230. The lowest BCUT2D eigenvalue weighted by molar-refractivity contribution is 0.172. The highest BCUT2D eigenvalue weighted by atomic mass is 32.2. The van der Waals surface area contributed by atoms with Crippen LogP contribution in [-0.2, 0) is 0 Å². The van der Waals surface area contributed by atoms with Crippen molar-refractivity contribution < 1.29 is 5.11 Å². The van der Waals surface area contributed by atoms with Crippen LogP contribution in [0.5, 0.6) is 0 Å². The summed E-state index contributed by atoms with van der Waals surface area (Å²) >= 11 is 1.95. The molecule has 2 atom stereocenters. The second kappa shape index (κ2) is 5.35. The molecule has 0 bridgehead atoms. The summed E-state index contributed by atoms with van der Waals surface area (Å²) in [5, 5.41) is 13.6. The van der Waals surface area contributed by atoms with E-state index in [1.165, 1.54) is 0 Å². The van der Waals surface area contributed by atoms with Gasteiger partial charge in [-0.25, -0.2) is 0 Å². The number of nitrogens with one attached hydrogen (secondary N) is 1. The predicted octanol–water partition coefficient (Wildman–Crippen LogP) is 0.394. The fourth-order valence-electron chi connectivity index (χ4n) is 1.80. The van der Waals surface area contributed by atoms with Gasteiger partial charge in [-0.3, -0.25) is 0 Å². The molecule has 1 saturated heterocycles. The molecule has 1 aliphatic rings. The standard InChI is InChI=1S/C10H22N2OS/c1-9-6-10(7-13,8-14-9)11-4-5-12(2)3/h9,11,13H,4-8H2,1-3H3. The fraction of sp³-hybridized carbons (Fsp3) is 1.00. The van der Waals surface area contributed by atoms with Crippen LogP contribution in [0.25, 0.3) is 0 Å². The molecule has 14 heavy (non-hydrogen) atoms. The first kappa shape index (κ1) is 12.3. The van der Waals surface area contributed by atoms with Crippen LogP contribution in [0.1, 0.15) is 13.3 Å². The molecule has 0 radical (unpaired) electrons. The van der Waals surface area contributed by atoms with Gasteiger partial charge in [-0.15, -0.1) is 0 Å². The van der Waals surface area contributed by atoms with Crippen molar-refractivity contribution >= 4 is 11.8 Å². The van der Waals surface area contributed by atoms with Gasteiger partial charge in [0.1, 0.15) is 0 Å². The van der Waals surface area contributed by atoms with E-state index >= 15 is 0 Å². The first-order valence-electron chi connectivity index (χ1n) is 5.20. The zero-order valence-corrected chi connectivity index (χ0v) is 10.2. The van der Waals surface area contributed by atoms with Gasteiger partial charge in [-0.2, -0.15) is 11.8 Å². The molecule has 0 spiro atoms. The summed E-state index contributed by atoms with van der Waals surface area (Å²) in [6.45, 7) is 4.48. The quantitative estimate of drug-likeness (QED) is 0.700. The Morgan fingerprint density at radius 3 is 2.71 bits per heavy atom. The van der Waals surface area contributed by atoms with Crippen LogP contribution >= 0.6 is 11.8 Å². The van der Waals surface area contributed by atoms with Gasteiger partial charge in [0.2, 0.25) is 0 Å². The van der Waals surface area contributed by atoms with E-state index in [0.717, 1.165) is 25.3 Å². The molecule has 2 unspecified atom stereocenters. The Labute approximate surface area is 91.2 Å². The second-order valence-corrected chi connectivity index (χ2v) is 5.92. The first-order valence-corrected chi connectivity index (χ1v) is 6.25. The highest BCUT2D eigenvalue weighted by Gasteiger charge is 2.36. The van der Waals surface area contributed by atoms with Gasteiger partial charge in [0.15, 0.2) is 0 Å². The molecule has 1 heterocycles. The van der Waals surface area contributed by atoms with Crippen LogP contribution in [0, 0.1) is 0 Å². The Bertz CT molecular complexity index is 178. The average molecular weight is 218 g/mol. The smallest absolute Gasteiger partial charge is 0.0621 e. The van der Waals surface area contributed by atoms with Crippen molar-refractivity contribution in [2.24, 2.45) is 0 Å². The summed E-state index contributed by atoms with van der Waals surface area (Å²) < 4.78 is 0. The zero-order chi connectivity index (χ0) is 10.6. The number of likely N-dealkylation sites (N-methyl/N-ethyl adjacent to an activating group) is 1. The monoisotopic (exact) mass is 218 g/mol. The van der Waals surface area contributed by atoms with Crippen LogP contribution in [0.15, 0.2) is 0 Å². The lowest BCUT2D eigenvalue weighted by Gasteiger charge is -2.28. The second-order valence-electron chi connectivity index (χ2n) is 4.49. The van der Waals surface area contributed by atoms with Crippen molar-refractivity contribution in [1.29, 1.82) is 0 Å². The van der Waals surface area contributed by atoms with Crippen molar-refractivity contribution in [1.82, 2.24) is 10.2 Å². The Morgan fingerprint density at radius 2 is 2.29 bits per heavy atom. The highest BCUT2D eigenvalue weighted by Crippen LogP contribution is 2.33. The Kier molecular flexibility index (Phi) is 4.70. The predicted molar refractivity (Wildman–Crippen MR) is 62.9 cm³/mol. The van der Waals surface area contributed by atoms with Crippen molar-refractivity contribution in [3.8, 4) is 0 Å². The molecule has 0 amide bonds. The normalized spacial score (nSPS) is 32.8. The molecular weight excluding hydrogens is 196 g/mol. The minimum Gasteiger partial charge on any atom is -0.394 e. The van der Waals surface area contributed by atoms with E-state index in [4.69, 9.17) is 0 Å². The van der Waals surface area contributed by atoms with Crippen molar-refractivity contribution in [3.63, 3.8) is 0 Å². The van der Waals surface area contributed by atoms with Crippen molar-refractivity contribution in [3.05, 3.63) is 0 Å². The maximum absolute atomic E-state index is 9.41. The Morgan fingerprint density at radius 1 is 1.57 bits per heavy atom. The van der Waals surface area contributed by atoms with Gasteiger partial charge in [0, 0.05) is 24.1 Å². The largest absolute Gasteiger partial charge is 0.394 e. The van der Waals surface area contributed by atoms with Crippen LogP contribution in [0.4, 0.5) is 0 Å². The summed E-state index contributed by atoms with van der Waals surface area (Å²) in [6, 6.07) is 0. The molecule has 0 aromatic carbocycles. The van der Waals surface area contributed by atoms with Gasteiger partial charge in [-0.1, -0.05) is 6.92 Å². The Balaban J connectivity index is 2.31. The van der Waals surface area contributed by atoms with Crippen LogP contribution in [-0.4, -0.2) is 60.3 Å². The third-order valence-electron chi connectivity index (χ3n) is 2.68. The summed E-state index contributed by atoms with van der Waals surface area (Å²) in [5.41, 5.74) is -0.0138. The topological polar surface area (TPSA) is 35.5 Å². The van der Waals surface area contributed by atoms with Gasteiger partial charge in [0.25, 0.3) is 0 Å². The molecule has 1 aliphatic heterocycles. The lowest BCUT2D eigenvalue weighted by Crippen LogP contribution is -2.50. The molecule has 0 saturated carbocycles. The molecule has 1 fully saturated rings. The molecule has 4 heteroatoms. The van der Waals surface area contributed by atoms with E-state index < -0.39 is 0 Å². The number of nitrogens with zero attached hydrogens (tertiary/aromatic N) is 1.